The van der Waals surface area contributed by atoms with Gasteiger partial charge in [-0.15, -0.1) is 0 Å². The first-order valence-corrected chi connectivity index (χ1v) is 5.76. The third-order valence-electron chi connectivity index (χ3n) is 3.86. The molecular formula is C12H25N. The summed E-state index contributed by atoms with van der Waals surface area (Å²) in [5, 5.41) is 3.58. The van der Waals surface area contributed by atoms with Crippen LogP contribution < -0.4 is 5.32 Å². The lowest BCUT2D eigenvalue weighted by molar-refractivity contribution is 0.195. The van der Waals surface area contributed by atoms with E-state index >= 15 is 0 Å². The zero-order chi connectivity index (χ0) is 9.90. The Morgan fingerprint density at radius 3 is 2.54 bits per heavy atom. The quantitative estimate of drug-likeness (QED) is 0.608. The van der Waals surface area contributed by atoms with Gasteiger partial charge in [0.1, 0.15) is 0 Å². The summed E-state index contributed by atoms with van der Waals surface area (Å²) in [6.07, 6.45) is 5.42. The van der Waals surface area contributed by atoms with Crippen molar-refractivity contribution < 1.29 is 0 Å². The molecule has 1 fully saturated rings. The van der Waals surface area contributed by atoms with Crippen LogP contribution in [0.1, 0.15) is 53.4 Å². The summed E-state index contributed by atoms with van der Waals surface area (Å²) in [5.41, 5.74) is 0.542. The van der Waals surface area contributed by atoms with Gasteiger partial charge in [0.05, 0.1) is 0 Å². The van der Waals surface area contributed by atoms with Gasteiger partial charge in [-0.3, -0.25) is 0 Å². The van der Waals surface area contributed by atoms with Gasteiger partial charge in [0.2, 0.25) is 0 Å². The van der Waals surface area contributed by atoms with Gasteiger partial charge in [0, 0.05) is 6.04 Å². The molecule has 1 heteroatoms. The molecule has 0 spiro atoms. The highest BCUT2D eigenvalue weighted by molar-refractivity contribution is 4.79. The second-order valence-corrected chi connectivity index (χ2v) is 5.43. The van der Waals surface area contributed by atoms with Crippen LogP contribution in [0.4, 0.5) is 0 Å². The average molecular weight is 183 g/mol. The molecule has 0 bridgehead atoms. The molecule has 1 aliphatic rings. The fraction of sp³-hybridized carbons (Fsp3) is 1.00. The Morgan fingerprint density at radius 1 is 1.15 bits per heavy atom. The molecule has 1 aliphatic heterocycles. The Bertz CT molecular complexity index is 151. The van der Waals surface area contributed by atoms with Crippen molar-refractivity contribution in [2.45, 2.75) is 59.4 Å². The molecule has 1 unspecified atom stereocenters. The second-order valence-electron chi connectivity index (χ2n) is 5.43. The van der Waals surface area contributed by atoms with Crippen molar-refractivity contribution in [1.82, 2.24) is 5.32 Å². The second kappa shape index (κ2) is 4.45. The highest BCUT2D eigenvalue weighted by Crippen LogP contribution is 2.35. The predicted octanol–water partition coefficient (Wildman–Crippen LogP) is 3.20. The summed E-state index contributed by atoms with van der Waals surface area (Å²) in [6, 6.07) is 0.713. The van der Waals surface area contributed by atoms with Crippen molar-refractivity contribution in [3.8, 4) is 0 Å². The van der Waals surface area contributed by atoms with E-state index in [2.05, 4.69) is 33.0 Å². The van der Waals surface area contributed by atoms with Crippen LogP contribution in [0.2, 0.25) is 0 Å². The van der Waals surface area contributed by atoms with Crippen LogP contribution in [-0.2, 0) is 0 Å². The molecule has 1 saturated heterocycles. The summed E-state index contributed by atoms with van der Waals surface area (Å²) in [7, 11) is 0. The van der Waals surface area contributed by atoms with Gasteiger partial charge >= 0.3 is 0 Å². The molecule has 0 saturated carbocycles. The van der Waals surface area contributed by atoms with Crippen LogP contribution in [0.15, 0.2) is 0 Å². The smallest absolute Gasteiger partial charge is 0.00389 e. The fourth-order valence-electron chi connectivity index (χ4n) is 2.08. The molecule has 78 valence electrons. The first-order valence-electron chi connectivity index (χ1n) is 5.76. The molecule has 2 atom stereocenters. The first-order chi connectivity index (χ1) is 6.02. The Hall–Kier alpha value is -0.0400. The maximum absolute atomic E-state index is 3.58. The molecule has 0 aromatic carbocycles. The van der Waals surface area contributed by atoms with Crippen LogP contribution in [0.3, 0.4) is 0 Å². The van der Waals surface area contributed by atoms with E-state index in [9.17, 15) is 0 Å². The molecule has 0 aromatic heterocycles. The van der Waals surface area contributed by atoms with Gasteiger partial charge < -0.3 is 5.32 Å². The van der Waals surface area contributed by atoms with E-state index in [1.165, 1.54) is 32.2 Å². The van der Waals surface area contributed by atoms with Crippen molar-refractivity contribution in [1.29, 1.82) is 0 Å². The van der Waals surface area contributed by atoms with Gasteiger partial charge in [-0.1, -0.05) is 20.8 Å². The van der Waals surface area contributed by atoms with Crippen LogP contribution in [0, 0.1) is 11.3 Å². The lowest BCUT2D eigenvalue weighted by Gasteiger charge is -2.31. The fourth-order valence-corrected chi connectivity index (χ4v) is 2.08. The largest absolute Gasteiger partial charge is 0.314 e. The standard InChI is InChI=1S/C12H25N/c1-10-6-5-9-13-11(2)7-8-12(10,3)4/h10-11,13H,5-9H2,1-4H3/t10?,11-/m0/s1. The van der Waals surface area contributed by atoms with Crippen LogP contribution in [0.25, 0.3) is 0 Å². The van der Waals surface area contributed by atoms with Crippen molar-refractivity contribution in [2.24, 2.45) is 11.3 Å². The molecule has 1 N–H and O–H groups in total. The molecule has 13 heavy (non-hydrogen) atoms. The highest BCUT2D eigenvalue weighted by atomic mass is 14.9. The predicted molar refractivity (Wildman–Crippen MR) is 58.9 cm³/mol. The van der Waals surface area contributed by atoms with Crippen molar-refractivity contribution in [3.05, 3.63) is 0 Å². The van der Waals surface area contributed by atoms with Crippen molar-refractivity contribution >= 4 is 0 Å². The van der Waals surface area contributed by atoms with Crippen LogP contribution >= 0.6 is 0 Å². The summed E-state index contributed by atoms with van der Waals surface area (Å²) in [4.78, 5) is 0. The summed E-state index contributed by atoms with van der Waals surface area (Å²) in [5.74, 6) is 0.875. The van der Waals surface area contributed by atoms with Crippen LogP contribution in [-0.4, -0.2) is 12.6 Å². The molecule has 0 aromatic rings. The van der Waals surface area contributed by atoms with Gasteiger partial charge in [-0.25, -0.2) is 0 Å². The monoisotopic (exact) mass is 183 g/mol. The Morgan fingerprint density at radius 2 is 1.85 bits per heavy atom. The van der Waals surface area contributed by atoms with Gasteiger partial charge in [-0.2, -0.15) is 0 Å². The van der Waals surface area contributed by atoms with Gasteiger partial charge in [-0.05, 0) is 50.5 Å². The molecule has 0 amide bonds. The van der Waals surface area contributed by atoms with Crippen LogP contribution in [0.5, 0.6) is 0 Å². The van der Waals surface area contributed by atoms with E-state index in [-0.39, 0.29) is 0 Å². The van der Waals surface area contributed by atoms with E-state index in [1.807, 2.05) is 0 Å². The van der Waals surface area contributed by atoms with E-state index in [0.717, 1.165) is 5.92 Å². The molecule has 1 nitrogen and oxygen atoms in total. The number of nitrogens with one attached hydrogen (secondary N) is 1. The zero-order valence-corrected chi connectivity index (χ0v) is 9.69. The lowest BCUT2D eigenvalue weighted by Crippen LogP contribution is -2.27. The molecule has 1 rings (SSSR count). The summed E-state index contributed by atoms with van der Waals surface area (Å²) < 4.78 is 0. The van der Waals surface area contributed by atoms with Crippen molar-refractivity contribution in [2.75, 3.05) is 6.54 Å². The van der Waals surface area contributed by atoms with Gasteiger partial charge in [0.25, 0.3) is 0 Å². The van der Waals surface area contributed by atoms with Crippen molar-refractivity contribution in [3.63, 3.8) is 0 Å². The average Bonchev–Trinajstić information content (AvgIpc) is 2.11. The van der Waals surface area contributed by atoms with Gasteiger partial charge in [0.15, 0.2) is 0 Å². The third-order valence-corrected chi connectivity index (χ3v) is 3.86. The van der Waals surface area contributed by atoms with E-state index < -0.39 is 0 Å². The minimum Gasteiger partial charge on any atom is -0.314 e. The van der Waals surface area contributed by atoms with E-state index in [4.69, 9.17) is 0 Å². The molecule has 0 aliphatic carbocycles. The number of rotatable bonds is 0. The minimum atomic E-state index is 0.542. The Balaban J connectivity index is 2.54. The first kappa shape index (κ1) is 11.0. The number of hydrogen-bond acceptors (Lipinski definition) is 1. The number of hydrogen-bond donors (Lipinski definition) is 1. The van der Waals surface area contributed by atoms with E-state index in [0.29, 0.717) is 11.5 Å². The summed E-state index contributed by atoms with van der Waals surface area (Å²) in [6.45, 7) is 10.8. The third kappa shape index (κ3) is 3.30. The molecule has 1 heterocycles. The normalized spacial score (nSPS) is 36.0. The zero-order valence-electron chi connectivity index (χ0n) is 9.69. The lowest BCUT2D eigenvalue weighted by atomic mass is 9.74. The SMILES string of the molecule is CC1CCCN[C@@H](C)CCC1(C)C. The Kier molecular flexibility index (Phi) is 3.78. The summed E-state index contributed by atoms with van der Waals surface area (Å²) >= 11 is 0. The highest BCUT2D eigenvalue weighted by Gasteiger charge is 2.26. The minimum absolute atomic E-state index is 0.542. The molecular weight excluding hydrogens is 158 g/mol. The Labute approximate surface area is 83.3 Å². The molecule has 0 radical (unpaired) electrons. The maximum Gasteiger partial charge on any atom is 0.00389 e. The van der Waals surface area contributed by atoms with E-state index in [1.54, 1.807) is 0 Å². The topological polar surface area (TPSA) is 12.0 Å². The maximum atomic E-state index is 3.58.